The summed E-state index contributed by atoms with van der Waals surface area (Å²) in [7, 11) is 0. The summed E-state index contributed by atoms with van der Waals surface area (Å²) in [5.74, 6) is 0. The molecule has 3 heteroatoms. The predicted octanol–water partition coefficient (Wildman–Crippen LogP) is 1.55. The van der Waals surface area contributed by atoms with Crippen LogP contribution in [0, 0.1) is 0 Å². The second-order valence-electron chi connectivity index (χ2n) is 5.70. The molecule has 2 aliphatic heterocycles. The van der Waals surface area contributed by atoms with E-state index in [1.807, 2.05) is 0 Å². The Balaban J connectivity index is 1.65. The molecule has 0 unspecified atom stereocenters. The summed E-state index contributed by atoms with van der Waals surface area (Å²) in [6.07, 6.45) is 3.14. The molecule has 98 valence electrons. The van der Waals surface area contributed by atoms with Crippen molar-refractivity contribution in [2.75, 3.05) is 26.3 Å². The van der Waals surface area contributed by atoms with Crippen molar-refractivity contribution in [1.82, 2.24) is 4.90 Å². The van der Waals surface area contributed by atoms with E-state index in [-0.39, 0.29) is 5.54 Å². The van der Waals surface area contributed by atoms with Gasteiger partial charge in [-0.1, -0.05) is 24.3 Å². The molecule has 0 spiro atoms. The van der Waals surface area contributed by atoms with Gasteiger partial charge in [-0.15, -0.1) is 0 Å². The minimum absolute atomic E-state index is 0.0372. The van der Waals surface area contributed by atoms with Gasteiger partial charge in [-0.25, -0.2) is 0 Å². The Morgan fingerprint density at radius 1 is 1.17 bits per heavy atom. The summed E-state index contributed by atoms with van der Waals surface area (Å²) in [6, 6.07) is 8.76. The molecule has 2 heterocycles. The van der Waals surface area contributed by atoms with E-state index < -0.39 is 0 Å². The summed E-state index contributed by atoms with van der Waals surface area (Å²) in [5, 5.41) is 0. The SMILES string of the molecule is NC1(CN2CCc3ccccc3C2)CCOCC1. The van der Waals surface area contributed by atoms with Gasteiger partial charge in [0.15, 0.2) is 0 Å². The van der Waals surface area contributed by atoms with Crippen LogP contribution in [-0.4, -0.2) is 36.7 Å². The van der Waals surface area contributed by atoms with E-state index >= 15 is 0 Å². The van der Waals surface area contributed by atoms with Crippen molar-refractivity contribution in [3.63, 3.8) is 0 Å². The van der Waals surface area contributed by atoms with Crippen molar-refractivity contribution in [2.24, 2.45) is 5.73 Å². The maximum absolute atomic E-state index is 6.49. The normalized spacial score (nSPS) is 23.6. The molecule has 0 bridgehead atoms. The smallest absolute Gasteiger partial charge is 0.0484 e. The lowest BCUT2D eigenvalue weighted by atomic mass is 9.89. The average Bonchev–Trinajstić information content (AvgIpc) is 2.39. The molecule has 1 aromatic carbocycles. The highest BCUT2D eigenvalue weighted by Gasteiger charge is 2.31. The molecule has 2 aliphatic rings. The predicted molar refractivity (Wildman–Crippen MR) is 72.4 cm³/mol. The van der Waals surface area contributed by atoms with Crippen molar-refractivity contribution in [1.29, 1.82) is 0 Å². The van der Waals surface area contributed by atoms with Crippen molar-refractivity contribution in [3.05, 3.63) is 35.4 Å². The zero-order chi connectivity index (χ0) is 12.4. The summed E-state index contributed by atoms with van der Waals surface area (Å²) < 4.78 is 5.41. The lowest BCUT2D eigenvalue weighted by Crippen LogP contribution is -2.54. The Morgan fingerprint density at radius 2 is 1.89 bits per heavy atom. The molecule has 18 heavy (non-hydrogen) atoms. The summed E-state index contributed by atoms with van der Waals surface area (Å²) >= 11 is 0. The highest BCUT2D eigenvalue weighted by molar-refractivity contribution is 5.29. The number of rotatable bonds is 2. The van der Waals surface area contributed by atoms with Gasteiger partial charge in [0.25, 0.3) is 0 Å². The van der Waals surface area contributed by atoms with Gasteiger partial charge in [0.2, 0.25) is 0 Å². The molecule has 0 radical (unpaired) electrons. The first-order valence-electron chi connectivity index (χ1n) is 6.91. The first kappa shape index (κ1) is 12.2. The van der Waals surface area contributed by atoms with Crippen molar-refractivity contribution in [3.8, 4) is 0 Å². The third kappa shape index (κ3) is 2.58. The van der Waals surface area contributed by atoms with Gasteiger partial charge in [-0.2, -0.15) is 0 Å². The minimum atomic E-state index is -0.0372. The second-order valence-corrected chi connectivity index (χ2v) is 5.70. The van der Waals surface area contributed by atoms with Crippen LogP contribution < -0.4 is 5.73 Å². The Hall–Kier alpha value is -0.900. The molecule has 0 aromatic heterocycles. The fraction of sp³-hybridized carbons (Fsp3) is 0.600. The molecular formula is C15H22N2O. The van der Waals surface area contributed by atoms with E-state index in [4.69, 9.17) is 10.5 Å². The van der Waals surface area contributed by atoms with Crippen LogP contribution in [0.4, 0.5) is 0 Å². The summed E-state index contributed by atoms with van der Waals surface area (Å²) in [4.78, 5) is 2.51. The summed E-state index contributed by atoms with van der Waals surface area (Å²) in [6.45, 7) is 4.83. The van der Waals surface area contributed by atoms with Crippen molar-refractivity contribution < 1.29 is 4.74 Å². The zero-order valence-corrected chi connectivity index (χ0v) is 10.9. The molecule has 0 atom stereocenters. The van der Waals surface area contributed by atoms with Crippen LogP contribution in [0.25, 0.3) is 0 Å². The number of benzene rings is 1. The summed E-state index contributed by atoms with van der Waals surface area (Å²) in [5.41, 5.74) is 9.43. The number of fused-ring (bicyclic) bond motifs is 1. The molecule has 1 saturated heterocycles. The van der Waals surface area contributed by atoms with E-state index in [1.54, 1.807) is 0 Å². The number of ether oxygens (including phenoxy) is 1. The van der Waals surface area contributed by atoms with Crippen LogP contribution in [0.2, 0.25) is 0 Å². The number of nitrogens with two attached hydrogens (primary N) is 1. The lowest BCUT2D eigenvalue weighted by Gasteiger charge is -2.39. The highest BCUT2D eigenvalue weighted by Crippen LogP contribution is 2.23. The Labute approximate surface area is 109 Å². The maximum atomic E-state index is 6.49. The van der Waals surface area contributed by atoms with Gasteiger partial charge in [-0.3, -0.25) is 4.90 Å². The van der Waals surface area contributed by atoms with Crippen LogP contribution in [-0.2, 0) is 17.7 Å². The van der Waals surface area contributed by atoms with Crippen LogP contribution in [0.1, 0.15) is 24.0 Å². The number of hydrogen-bond donors (Lipinski definition) is 1. The van der Waals surface area contributed by atoms with Gasteiger partial charge in [0.05, 0.1) is 0 Å². The Morgan fingerprint density at radius 3 is 2.67 bits per heavy atom. The monoisotopic (exact) mass is 246 g/mol. The standard InChI is InChI=1S/C15H22N2O/c16-15(6-9-18-10-7-15)12-17-8-5-13-3-1-2-4-14(13)11-17/h1-4H,5-12,16H2. The third-order valence-corrected chi connectivity index (χ3v) is 4.24. The van der Waals surface area contributed by atoms with Crippen LogP contribution >= 0.6 is 0 Å². The van der Waals surface area contributed by atoms with Crippen molar-refractivity contribution in [2.45, 2.75) is 31.3 Å². The topological polar surface area (TPSA) is 38.5 Å². The van der Waals surface area contributed by atoms with E-state index in [2.05, 4.69) is 29.2 Å². The second kappa shape index (κ2) is 5.00. The van der Waals surface area contributed by atoms with E-state index in [9.17, 15) is 0 Å². The number of nitrogens with zero attached hydrogens (tertiary/aromatic N) is 1. The van der Waals surface area contributed by atoms with E-state index in [0.29, 0.717) is 0 Å². The van der Waals surface area contributed by atoms with Crippen LogP contribution in [0.5, 0.6) is 0 Å². The minimum Gasteiger partial charge on any atom is -0.381 e. The third-order valence-electron chi connectivity index (χ3n) is 4.24. The van der Waals surface area contributed by atoms with E-state index in [1.165, 1.54) is 11.1 Å². The van der Waals surface area contributed by atoms with Gasteiger partial charge in [-0.05, 0) is 30.4 Å². The molecule has 0 amide bonds. The quantitative estimate of drug-likeness (QED) is 0.860. The zero-order valence-electron chi connectivity index (χ0n) is 10.9. The fourth-order valence-corrected chi connectivity index (χ4v) is 3.07. The maximum Gasteiger partial charge on any atom is 0.0484 e. The molecule has 2 N–H and O–H groups in total. The van der Waals surface area contributed by atoms with E-state index in [0.717, 1.165) is 52.1 Å². The van der Waals surface area contributed by atoms with Crippen molar-refractivity contribution >= 4 is 0 Å². The molecule has 0 saturated carbocycles. The van der Waals surface area contributed by atoms with Gasteiger partial charge < -0.3 is 10.5 Å². The van der Waals surface area contributed by atoms with Crippen LogP contribution in [0.15, 0.2) is 24.3 Å². The molecule has 0 aliphatic carbocycles. The molecule has 3 rings (SSSR count). The van der Waals surface area contributed by atoms with Gasteiger partial charge in [0.1, 0.15) is 0 Å². The first-order chi connectivity index (χ1) is 8.75. The Bertz CT molecular complexity index is 413. The van der Waals surface area contributed by atoms with Gasteiger partial charge >= 0.3 is 0 Å². The largest absolute Gasteiger partial charge is 0.381 e. The lowest BCUT2D eigenvalue weighted by molar-refractivity contribution is 0.0356. The van der Waals surface area contributed by atoms with Crippen LogP contribution in [0.3, 0.4) is 0 Å². The molecule has 1 fully saturated rings. The average molecular weight is 246 g/mol. The molecular weight excluding hydrogens is 224 g/mol. The first-order valence-corrected chi connectivity index (χ1v) is 6.91. The highest BCUT2D eigenvalue weighted by atomic mass is 16.5. The molecule has 3 nitrogen and oxygen atoms in total. The van der Waals surface area contributed by atoms with Gasteiger partial charge in [0, 0.05) is 38.4 Å². The molecule has 1 aromatic rings. The fourth-order valence-electron chi connectivity index (χ4n) is 3.07. The number of hydrogen-bond acceptors (Lipinski definition) is 3. The Kier molecular flexibility index (Phi) is 3.37.